The third-order valence-corrected chi connectivity index (χ3v) is 12.6. The summed E-state index contributed by atoms with van der Waals surface area (Å²) in [5.41, 5.74) is 1.58. The highest BCUT2D eigenvalue weighted by atomic mass is 19.4. The summed E-state index contributed by atoms with van der Waals surface area (Å²) in [5, 5.41) is 0. The van der Waals surface area contributed by atoms with Crippen LogP contribution in [0, 0.1) is 58.2 Å². The lowest BCUT2D eigenvalue weighted by Crippen LogP contribution is -2.56. The first-order chi connectivity index (χ1) is 18.8. The van der Waals surface area contributed by atoms with E-state index >= 15 is 0 Å². The van der Waals surface area contributed by atoms with Gasteiger partial charge in [-0.05, 0) is 121 Å². The number of alkyl halides is 3. The molecule has 2 unspecified atom stereocenters. The molecular formula is C35H51F3O2. The minimum Gasteiger partial charge on any atom is -0.406 e. The van der Waals surface area contributed by atoms with E-state index in [1.165, 1.54) is 63.5 Å². The van der Waals surface area contributed by atoms with Crippen molar-refractivity contribution in [1.29, 1.82) is 0 Å². The van der Waals surface area contributed by atoms with Crippen LogP contribution in [0.5, 0.6) is 5.75 Å². The van der Waals surface area contributed by atoms with Crippen molar-refractivity contribution in [2.45, 2.75) is 118 Å². The molecule has 0 radical (unpaired) electrons. The average Bonchev–Trinajstić information content (AvgIpc) is 3.23. The Morgan fingerprint density at radius 3 is 2.23 bits per heavy atom. The molecule has 2 nitrogen and oxygen atoms in total. The Balaban J connectivity index is 1.28. The van der Waals surface area contributed by atoms with Crippen molar-refractivity contribution in [3.63, 3.8) is 0 Å². The van der Waals surface area contributed by atoms with Crippen molar-refractivity contribution >= 4 is 5.78 Å². The van der Waals surface area contributed by atoms with Crippen LogP contribution in [0.15, 0.2) is 24.3 Å². The highest BCUT2D eigenvalue weighted by molar-refractivity contribution is 5.82. The molecule has 4 saturated carbocycles. The predicted molar refractivity (Wildman–Crippen MR) is 154 cm³/mol. The molecule has 4 aliphatic rings. The second kappa shape index (κ2) is 11.3. The molecule has 9 atom stereocenters. The maximum Gasteiger partial charge on any atom is 0.573 e. The molecule has 0 heterocycles. The minimum absolute atomic E-state index is 0.0281. The minimum atomic E-state index is -4.69. The van der Waals surface area contributed by atoms with E-state index in [9.17, 15) is 18.0 Å². The summed E-state index contributed by atoms with van der Waals surface area (Å²) in [6.45, 7) is 12.3. The van der Waals surface area contributed by atoms with Gasteiger partial charge in [-0.2, -0.15) is 0 Å². The molecule has 0 N–H and O–H groups in total. The maximum atomic E-state index is 13.3. The number of rotatable bonds is 8. The van der Waals surface area contributed by atoms with E-state index < -0.39 is 6.36 Å². The largest absolute Gasteiger partial charge is 0.573 e. The molecule has 0 amide bonds. The smallest absolute Gasteiger partial charge is 0.406 e. The summed E-state index contributed by atoms with van der Waals surface area (Å²) in [4.78, 5) is 13.3. The van der Waals surface area contributed by atoms with Gasteiger partial charge < -0.3 is 4.74 Å². The van der Waals surface area contributed by atoms with Crippen LogP contribution in [0.1, 0.15) is 111 Å². The molecule has 0 saturated heterocycles. The molecule has 1 aromatic carbocycles. The number of benzene rings is 1. The third-order valence-electron chi connectivity index (χ3n) is 12.6. The van der Waals surface area contributed by atoms with E-state index in [1.807, 2.05) is 0 Å². The average molecular weight is 561 g/mol. The standard InChI is InChI=1S/C35H51F3O2/c1-22(2)7-6-8-23(3)28-15-16-29-26-13-14-30-27(21-24-9-11-25(12-10-24)40-35(36,37)38)32(39)18-20-34(30,5)31(26)17-19-33(28,29)4/h9-12,22-23,26-31H,6-8,13-21H2,1-5H3/t23-,26+,27?,28-,29+,30?,31+,33-,34+/m1/s1. The van der Waals surface area contributed by atoms with Crippen molar-refractivity contribution < 1.29 is 22.7 Å². The fourth-order valence-corrected chi connectivity index (χ4v) is 10.7. The Hall–Kier alpha value is -1.52. The van der Waals surface area contributed by atoms with Gasteiger partial charge in [-0.15, -0.1) is 13.2 Å². The molecule has 224 valence electrons. The SMILES string of the molecule is CC(C)CCC[C@@H](C)[C@H]1CC[C@H]2[C@@H]3CCC4C(Cc5ccc(OC(F)(F)F)cc5)C(=O)CC[C@]4(C)[C@H]3CC[C@]12C. The van der Waals surface area contributed by atoms with E-state index in [2.05, 4.69) is 39.4 Å². The quantitative estimate of drug-likeness (QED) is 0.316. The van der Waals surface area contributed by atoms with Crippen LogP contribution >= 0.6 is 0 Å². The number of ketones is 1. The molecule has 0 bridgehead atoms. The molecular weight excluding hydrogens is 509 g/mol. The lowest BCUT2D eigenvalue weighted by molar-refractivity contribution is -0.274. The van der Waals surface area contributed by atoms with Gasteiger partial charge in [0.15, 0.2) is 0 Å². The highest BCUT2D eigenvalue weighted by Crippen LogP contribution is 2.68. The Kier molecular flexibility index (Phi) is 8.45. The molecule has 5 rings (SSSR count). The first-order valence-corrected chi connectivity index (χ1v) is 16.2. The maximum absolute atomic E-state index is 13.3. The van der Waals surface area contributed by atoms with Gasteiger partial charge in [-0.1, -0.05) is 66.0 Å². The highest BCUT2D eigenvalue weighted by Gasteiger charge is 2.61. The summed E-state index contributed by atoms with van der Waals surface area (Å²) in [6, 6.07) is 6.18. The summed E-state index contributed by atoms with van der Waals surface area (Å²) in [7, 11) is 0. The number of carbonyl (C=O) groups is 1. The van der Waals surface area contributed by atoms with Crippen LogP contribution in [0.25, 0.3) is 0 Å². The van der Waals surface area contributed by atoms with Gasteiger partial charge in [0.05, 0.1) is 0 Å². The second-order valence-electron chi connectivity index (χ2n) is 15.1. The predicted octanol–water partition coefficient (Wildman–Crippen LogP) is 10.0. The summed E-state index contributed by atoms with van der Waals surface area (Å²) in [5.74, 6) is 5.23. The van der Waals surface area contributed by atoms with Gasteiger partial charge in [0.25, 0.3) is 0 Å². The fraction of sp³-hybridized carbons (Fsp3) is 0.800. The molecule has 4 fully saturated rings. The Bertz CT molecular complexity index is 1030. The van der Waals surface area contributed by atoms with E-state index in [0.717, 1.165) is 48.0 Å². The Morgan fingerprint density at radius 2 is 1.55 bits per heavy atom. The molecule has 0 aromatic heterocycles. The number of carbonyl (C=O) groups excluding carboxylic acids is 1. The van der Waals surface area contributed by atoms with Crippen molar-refractivity contribution in [1.82, 2.24) is 0 Å². The molecule has 4 aliphatic carbocycles. The fourth-order valence-electron chi connectivity index (χ4n) is 10.7. The zero-order valence-corrected chi connectivity index (χ0v) is 25.4. The van der Waals surface area contributed by atoms with Crippen molar-refractivity contribution in [2.24, 2.45) is 58.2 Å². The third kappa shape index (κ3) is 5.74. The van der Waals surface area contributed by atoms with Gasteiger partial charge in [0.2, 0.25) is 0 Å². The van der Waals surface area contributed by atoms with Crippen LogP contribution in [0.4, 0.5) is 13.2 Å². The normalized spacial score (nSPS) is 38.5. The number of hydrogen-bond donors (Lipinski definition) is 0. The topological polar surface area (TPSA) is 26.3 Å². The summed E-state index contributed by atoms with van der Waals surface area (Å²) < 4.78 is 41.9. The number of halogens is 3. The Morgan fingerprint density at radius 1 is 0.875 bits per heavy atom. The van der Waals surface area contributed by atoms with Crippen LogP contribution in [0.2, 0.25) is 0 Å². The van der Waals surface area contributed by atoms with Crippen molar-refractivity contribution in [2.75, 3.05) is 0 Å². The molecule has 0 aliphatic heterocycles. The zero-order valence-electron chi connectivity index (χ0n) is 25.4. The zero-order chi connectivity index (χ0) is 28.9. The number of ether oxygens (including phenoxy) is 1. The monoisotopic (exact) mass is 560 g/mol. The molecule has 1 aromatic rings. The van der Waals surface area contributed by atoms with E-state index in [-0.39, 0.29) is 17.1 Å². The first kappa shape index (κ1) is 30.0. The van der Waals surface area contributed by atoms with E-state index in [0.29, 0.717) is 35.9 Å². The van der Waals surface area contributed by atoms with Crippen LogP contribution in [-0.4, -0.2) is 12.1 Å². The lowest BCUT2D eigenvalue weighted by atomic mass is 9.43. The van der Waals surface area contributed by atoms with Gasteiger partial charge in [0, 0.05) is 12.3 Å². The second-order valence-corrected chi connectivity index (χ2v) is 15.1. The summed E-state index contributed by atoms with van der Waals surface area (Å²) in [6.07, 6.45) is 9.40. The van der Waals surface area contributed by atoms with Crippen LogP contribution in [0.3, 0.4) is 0 Å². The molecule has 5 heteroatoms. The number of Topliss-reactive ketones (excluding diaryl/α,β-unsaturated/α-hetero) is 1. The Labute approximate surface area is 240 Å². The molecule has 0 spiro atoms. The van der Waals surface area contributed by atoms with Crippen LogP contribution < -0.4 is 4.74 Å². The van der Waals surface area contributed by atoms with Crippen LogP contribution in [-0.2, 0) is 11.2 Å². The van der Waals surface area contributed by atoms with E-state index in [4.69, 9.17) is 0 Å². The first-order valence-electron chi connectivity index (χ1n) is 16.2. The van der Waals surface area contributed by atoms with Crippen molar-refractivity contribution in [3.8, 4) is 5.75 Å². The van der Waals surface area contributed by atoms with E-state index in [1.54, 1.807) is 12.1 Å². The van der Waals surface area contributed by atoms with Gasteiger partial charge >= 0.3 is 6.36 Å². The lowest BCUT2D eigenvalue weighted by Gasteiger charge is -2.62. The van der Waals surface area contributed by atoms with Gasteiger partial charge in [-0.3, -0.25) is 4.79 Å². The number of hydrogen-bond acceptors (Lipinski definition) is 2. The molecule has 40 heavy (non-hydrogen) atoms. The van der Waals surface area contributed by atoms with Crippen molar-refractivity contribution in [3.05, 3.63) is 29.8 Å². The van der Waals surface area contributed by atoms with Gasteiger partial charge in [0.1, 0.15) is 11.5 Å². The van der Waals surface area contributed by atoms with Gasteiger partial charge in [-0.25, -0.2) is 0 Å². The number of fused-ring (bicyclic) bond motifs is 5. The summed E-state index contributed by atoms with van der Waals surface area (Å²) >= 11 is 0.